The molecule has 6 nitrogen and oxygen atoms in total. The number of nitrogens with one attached hydrogen (secondary N) is 2. The monoisotopic (exact) mass is 328 g/mol. The molecule has 0 unspecified atom stereocenters. The fourth-order valence-electron chi connectivity index (χ4n) is 2.01. The molecule has 2 atom stereocenters. The lowest BCUT2D eigenvalue weighted by Crippen LogP contribution is -2.45. The number of nitrogens with zero attached hydrogens (tertiary/aromatic N) is 2. The number of carbonyl (C=O) groups is 1. The molecule has 120 valence electrons. The molecular formula is C14H18ClFN4O2. The van der Waals surface area contributed by atoms with Gasteiger partial charge in [-0.25, -0.2) is 14.2 Å². The molecule has 0 aliphatic heterocycles. The summed E-state index contributed by atoms with van der Waals surface area (Å²) in [5.41, 5.74) is -0.0539. The van der Waals surface area contributed by atoms with Gasteiger partial charge in [0.1, 0.15) is 11.2 Å². The number of pyridine rings is 1. The third-order valence-corrected chi connectivity index (χ3v) is 3.34. The lowest BCUT2D eigenvalue weighted by molar-refractivity contribution is 0.188. The predicted molar refractivity (Wildman–Crippen MR) is 81.4 cm³/mol. The summed E-state index contributed by atoms with van der Waals surface area (Å²) < 4.78 is 14.0. The first-order chi connectivity index (χ1) is 10.2. The van der Waals surface area contributed by atoms with E-state index in [0.717, 1.165) is 6.07 Å². The van der Waals surface area contributed by atoms with Crippen LogP contribution in [0.1, 0.15) is 32.8 Å². The summed E-state index contributed by atoms with van der Waals surface area (Å²) in [6, 6.07) is 1.91. The molecular weight excluding hydrogens is 311 g/mol. The normalized spacial score (nSPS) is 13.3. The largest absolute Gasteiger partial charge is 0.465 e. The molecule has 3 N–H and O–H groups in total. The van der Waals surface area contributed by atoms with Gasteiger partial charge >= 0.3 is 6.09 Å². The van der Waals surface area contributed by atoms with Crippen LogP contribution in [0.5, 0.6) is 0 Å². The molecule has 1 amide bonds. The molecule has 0 spiro atoms. The van der Waals surface area contributed by atoms with Gasteiger partial charge in [0.05, 0.1) is 5.56 Å². The van der Waals surface area contributed by atoms with Crippen LogP contribution in [-0.4, -0.2) is 28.3 Å². The zero-order valence-corrected chi connectivity index (χ0v) is 13.3. The second-order valence-corrected chi connectivity index (χ2v) is 5.75. The molecule has 0 aliphatic rings. The average Bonchev–Trinajstić information content (AvgIpc) is 2.40. The molecule has 0 aromatic carbocycles. The third kappa shape index (κ3) is 5.04. The topological polar surface area (TPSA) is 98.0 Å². The Kier molecular flexibility index (Phi) is 6.38. The molecule has 0 aliphatic carbocycles. The summed E-state index contributed by atoms with van der Waals surface area (Å²) in [7, 11) is 0. The first-order valence-corrected chi connectivity index (χ1v) is 7.14. The van der Waals surface area contributed by atoms with Gasteiger partial charge in [-0.2, -0.15) is 5.26 Å². The van der Waals surface area contributed by atoms with E-state index in [9.17, 15) is 9.18 Å². The maximum absolute atomic E-state index is 14.0. The molecule has 1 heterocycles. The summed E-state index contributed by atoms with van der Waals surface area (Å²) in [6.45, 7) is 5.62. The Labute approximate surface area is 133 Å². The highest BCUT2D eigenvalue weighted by Crippen LogP contribution is 2.22. The van der Waals surface area contributed by atoms with Crippen molar-refractivity contribution in [2.45, 2.75) is 39.3 Å². The lowest BCUT2D eigenvalue weighted by atomic mass is 9.98. The highest BCUT2D eigenvalue weighted by atomic mass is 35.5. The predicted octanol–water partition coefficient (Wildman–Crippen LogP) is 3.23. The maximum atomic E-state index is 14.0. The van der Waals surface area contributed by atoms with Crippen LogP contribution in [0.4, 0.5) is 15.0 Å². The van der Waals surface area contributed by atoms with Crippen molar-refractivity contribution < 1.29 is 14.3 Å². The smallest absolute Gasteiger partial charge is 0.404 e. The van der Waals surface area contributed by atoms with Crippen molar-refractivity contribution in [2.75, 3.05) is 5.32 Å². The molecule has 0 saturated carbocycles. The number of rotatable bonds is 6. The van der Waals surface area contributed by atoms with E-state index >= 15 is 0 Å². The molecule has 1 aromatic rings. The number of amides is 1. The minimum Gasteiger partial charge on any atom is -0.465 e. The van der Waals surface area contributed by atoms with Crippen LogP contribution in [0.3, 0.4) is 0 Å². The van der Waals surface area contributed by atoms with E-state index in [1.165, 1.54) is 0 Å². The van der Waals surface area contributed by atoms with Gasteiger partial charge in [-0.3, -0.25) is 0 Å². The van der Waals surface area contributed by atoms with Crippen LogP contribution in [0.2, 0.25) is 5.15 Å². The van der Waals surface area contributed by atoms with Crippen molar-refractivity contribution in [3.63, 3.8) is 0 Å². The summed E-state index contributed by atoms with van der Waals surface area (Å²) in [5.74, 6) is -0.557. The molecule has 1 rings (SSSR count). The lowest BCUT2D eigenvalue weighted by Gasteiger charge is -2.27. The van der Waals surface area contributed by atoms with Crippen molar-refractivity contribution in [3.8, 4) is 6.07 Å². The van der Waals surface area contributed by atoms with Crippen LogP contribution in [0, 0.1) is 23.1 Å². The number of hydrogen-bond acceptors (Lipinski definition) is 4. The third-order valence-electron chi connectivity index (χ3n) is 3.05. The Morgan fingerprint density at radius 1 is 1.55 bits per heavy atom. The first-order valence-electron chi connectivity index (χ1n) is 6.76. The van der Waals surface area contributed by atoms with E-state index < -0.39 is 18.0 Å². The zero-order valence-electron chi connectivity index (χ0n) is 12.5. The van der Waals surface area contributed by atoms with Crippen molar-refractivity contribution in [1.82, 2.24) is 10.3 Å². The highest BCUT2D eigenvalue weighted by molar-refractivity contribution is 6.30. The van der Waals surface area contributed by atoms with Gasteiger partial charge in [0, 0.05) is 12.1 Å². The molecule has 8 heteroatoms. The van der Waals surface area contributed by atoms with E-state index in [0.29, 0.717) is 6.42 Å². The second kappa shape index (κ2) is 7.80. The van der Waals surface area contributed by atoms with Gasteiger partial charge in [0.25, 0.3) is 0 Å². The van der Waals surface area contributed by atoms with Gasteiger partial charge in [-0.05, 0) is 25.3 Å². The Bertz CT molecular complexity index is 589. The van der Waals surface area contributed by atoms with Crippen LogP contribution < -0.4 is 10.6 Å². The SMILES string of the molecule is CC(C)C[C@H](Nc1nc(Cl)c(C#N)cc1F)[C@H](C)NC(=O)O. The fraction of sp³-hybridized carbons (Fsp3) is 0.500. The number of hydrogen-bond donors (Lipinski definition) is 3. The van der Waals surface area contributed by atoms with Crippen LogP contribution in [0.25, 0.3) is 0 Å². The standard InChI is InChI=1S/C14H18ClFN4O2/c1-7(2)4-11(8(3)18-14(21)22)19-13-10(16)5-9(6-17)12(15)20-13/h5,7-8,11,18H,4H2,1-3H3,(H,19,20)(H,21,22)/t8-,11-/m0/s1. The van der Waals surface area contributed by atoms with Gasteiger partial charge in [0.2, 0.25) is 0 Å². The summed E-state index contributed by atoms with van der Waals surface area (Å²) in [6.07, 6.45) is -0.561. The van der Waals surface area contributed by atoms with Gasteiger partial charge in [0.15, 0.2) is 11.6 Å². The Morgan fingerprint density at radius 3 is 2.68 bits per heavy atom. The number of aromatic nitrogens is 1. The van der Waals surface area contributed by atoms with E-state index in [1.807, 2.05) is 13.8 Å². The number of nitriles is 1. The van der Waals surface area contributed by atoms with Crippen molar-refractivity contribution in [3.05, 3.63) is 22.6 Å². The van der Waals surface area contributed by atoms with Crippen LogP contribution >= 0.6 is 11.6 Å². The van der Waals surface area contributed by atoms with E-state index in [4.69, 9.17) is 22.0 Å². The van der Waals surface area contributed by atoms with Gasteiger partial charge < -0.3 is 15.7 Å². The first kappa shape index (κ1) is 18.0. The van der Waals surface area contributed by atoms with Crippen molar-refractivity contribution in [2.24, 2.45) is 5.92 Å². The van der Waals surface area contributed by atoms with Crippen molar-refractivity contribution >= 4 is 23.5 Å². The zero-order chi connectivity index (χ0) is 16.9. The molecule has 1 aromatic heterocycles. The summed E-state index contributed by atoms with van der Waals surface area (Å²) in [5, 5.41) is 22.7. The van der Waals surface area contributed by atoms with Crippen molar-refractivity contribution in [1.29, 1.82) is 5.26 Å². The molecule has 0 saturated heterocycles. The Hall–Kier alpha value is -2.07. The summed E-state index contributed by atoms with van der Waals surface area (Å²) in [4.78, 5) is 14.6. The minimum atomic E-state index is -1.16. The Balaban J connectivity index is 3.01. The quantitative estimate of drug-likeness (QED) is 0.696. The van der Waals surface area contributed by atoms with Crippen LogP contribution in [-0.2, 0) is 0 Å². The van der Waals surface area contributed by atoms with Crippen LogP contribution in [0.15, 0.2) is 6.07 Å². The van der Waals surface area contributed by atoms with Gasteiger partial charge in [-0.1, -0.05) is 25.4 Å². The molecule has 0 fully saturated rings. The number of halogens is 2. The number of anilines is 1. The molecule has 0 bridgehead atoms. The van der Waals surface area contributed by atoms with E-state index in [2.05, 4.69) is 15.6 Å². The average molecular weight is 329 g/mol. The summed E-state index contributed by atoms with van der Waals surface area (Å²) >= 11 is 5.80. The van der Waals surface area contributed by atoms with E-state index in [-0.39, 0.29) is 28.5 Å². The Morgan fingerprint density at radius 2 is 2.18 bits per heavy atom. The van der Waals surface area contributed by atoms with E-state index in [1.54, 1.807) is 13.0 Å². The maximum Gasteiger partial charge on any atom is 0.404 e. The fourth-order valence-corrected chi connectivity index (χ4v) is 2.19. The highest BCUT2D eigenvalue weighted by Gasteiger charge is 2.22. The second-order valence-electron chi connectivity index (χ2n) is 5.39. The molecule has 0 radical (unpaired) electrons. The molecule has 22 heavy (non-hydrogen) atoms. The number of carboxylic acid groups (broad SMARTS) is 1. The van der Waals surface area contributed by atoms with Gasteiger partial charge in [-0.15, -0.1) is 0 Å². The minimum absolute atomic E-state index is 0.0539.